The van der Waals surface area contributed by atoms with E-state index in [1.54, 1.807) is 66.7 Å². The summed E-state index contributed by atoms with van der Waals surface area (Å²) in [5.74, 6) is 0.683. The van der Waals surface area contributed by atoms with Crippen LogP contribution in [0, 0.1) is 0 Å². The molecule has 0 aliphatic carbocycles. The highest BCUT2D eigenvalue weighted by atomic mass is 35.5. The molecule has 0 bridgehead atoms. The standard InChI is InChI=1S/C25H19ClN2O5/c1-31-19-8-3-2-7-18(19)22-23(27-16-9-10-20-21(14-16)33-12-11-32-20)25(30)28(24(22)29)17-6-4-5-15(26)13-17/h2-10,13-14,27H,11-12H2,1H3. The Kier molecular flexibility index (Phi) is 5.40. The van der Waals surface area contributed by atoms with Gasteiger partial charge in [-0.1, -0.05) is 35.9 Å². The molecule has 2 heterocycles. The van der Waals surface area contributed by atoms with Crippen molar-refractivity contribution in [1.82, 2.24) is 0 Å². The van der Waals surface area contributed by atoms with Crippen molar-refractivity contribution in [1.29, 1.82) is 0 Å². The summed E-state index contributed by atoms with van der Waals surface area (Å²) in [6, 6.07) is 18.9. The molecule has 0 atom stereocenters. The van der Waals surface area contributed by atoms with E-state index in [1.165, 1.54) is 7.11 Å². The summed E-state index contributed by atoms with van der Waals surface area (Å²) in [5, 5.41) is 3.55. The number of carbonyl (C=O) groups excluding carboxylic acids is 2. The number of nitrogens with zero attached hydrogens (tertiary/aromatic N) is 1. The van der Waals surface area contributed by atoms with Gasteiger partial charge in [0.05, 0.1) is 18.4 Å². The molecule has 0 spiro atoms. The Balaban J connectivity index is 1.62. The number of amides is 2. The molecule has 0 radical (unpaired) electrons. The predicted molar refractivity (Wildman–Crippen MR) is 125 cm³/mol. The first kappa shape index (κ1) is 20.9. The van der Waals surface area contributed by atoms with Crippen LogP contribution in [0.2, 0.25) is 5.02 Å². The van der Waals surface area contributed by atoms with E-state index in [0.717, 1.165) is 4.90 Å². The molecule has 2 amide bonds. The van der Waals surface area contributed by atoms with Crippen LogP contribution in [0.4, 0.5) is 11.4 Å². The van der Waals surface area contributed by atoms with Gasteiger partial charge in [-0.2, -0.15) is 0 Å². The van der Waals surface area contributed by atoms with Crippen LogP contribution in [0.3, 0.4) is 0 Å². The topological polar surface area (TPSA) is 77.1 Å². The second-order valence-corrected chi connectivity index (χ2v) is 7.80. The minimum absolute atomic E-state index is 0.126. The molecule has 1 N–H and O–H groups in total. The lowest BCUT2D eigenvalue weighted by molar-refractivity contribution is -0.120. The van der Waals surface area contributed by atoms with Crippen molar-refractivity contribution in [2.24, 2.45) is 0 Å². The van der Waals surface area contributed by atoms with Crippen LogP contribution in [0.15, 0.2) is 72.4 Å². The first-order valence-corrected chi connectivity index (χ1v) is 10.6. The maximum atomic E-state index is 13.6. The van der Waals surface area contributed by atoms with Gasteiger partial charge in [-0.3, -0.25) is 9.59 Å². The Morgan fingerprint density at radius 1 is 0.909 bits per heavy atom. The van der Waals surface area contributed by atoms with E-state index in [2.05, 4.69) is 5.32 Å². The summed E-state index contributed by atoms with van der Waals surface area (Å²) >= 11 is 6.13. The van der Waals surface area contributed by atoms with Gasteiger partial charge in [0.25, 0.3) is 11.8 Å². The van der Waals surface area contributed by atoms with Gasteiger partial charge in [0.1, 0.15) is 24.7 Å². The van der Waals surface area contributed by atoms with Crippen molar-refractivity contribution >= 4 is 40.4 Å². The molecule has 3 aromatic carbocycles. The molecular formula is C25H19ClN2O5. The largest absolute Gasteiger partial charge is 0.496 e. The fraction of sp³-hybridized carbons (Fsp3) is 0.120. The molecule has 33 heavy (non-hydrogen) atoms. The molecule has 0 aromatic heterocycles. The minimum Gasteiger partial charge on any atom is -0.496 e. The SMILES string of the molecule is COc1ccccc1C1=C(Nc2ccc3c(c2)OCCO3)C(=O)N(c2cccc(Cl)c2)C1=O. The highest BCUT2D eigenvalue weighted by Crippen LogP contribution is 2.39. The third-order valence-electron chi connectivity index (χ3n) is 5.34. The zero-order chi connectivity index (χ0) is 22.9. The normalized spacial score (nSPS) is 15.2. The second-order valence-electron chi connectivity index (χ2n) is 7.36. The van der Waals surface area contributed by atoms with Gasteiger partial charge in [0.15, 0.2) is 11.5 Å². The van der Waals surface area contributed by atoms with Crippen LogP contribution >= 0.6 is 11.6 Å². The van der Waals surface area contributed by atoms with Crippen molar-refractivity contribution in [2.75, 3.05) is 30.5 Å². The number of ether oxygens (including phenoxy) is 3. The van der Waals surface area contributed by atoms with Crippen LogP contribution in [-0.4, -0.2) is 32.1 Å². The average Bonchev–Trinajstić information content (AvgIpc) is 3.08. The summed E-state index contributed by atoms with van der Waals surface area (Å²) in [6.07, 6.45) is 0. The van der Waals surface area contributed by atoms with Crippen molar-refractivity contribution in [2.45, 2.75) is 0 Å². The van der Waals surface area contributed by atoms with Crippen LogP contribution in [0.5, 0.6) is 17.2 Å². The van der Waals surface area contributed by atoms with Gasteiger partial charge in [-0.05, 0) is 36.4 Å². The summed E-state index contributed by atoms with van der Waals surface area (Å²) in [5.41, 5.74) is 1.79. The van der Waals surface area contributed by atoms with E-state index in [9.17, 15) is 9.59 Å². The van der Waals surface area contributed by atoms with Crippen LogP contribution in [-0.2, 0) is 9.59 Å². The maximum Gasteiger partial charge on any atom is 0.282 e. The maximum absolute atomic E-state index is 13.6. The molecule has 5 rings (SSSR count). The first-order chi connectivity index (χ1) is 16.1. The van der Waals surface area contributed by atoms with E-state index in [1.807, 2.05) is 0 Å². The van der Waals surface area contributed by atoms with Gasteiger partial charge >= 0.3 is 0 Å². The van der Waals surface area contributed by atoms with Crippen molar-refractivity contribution < 1.29 is 23.8 Å². The number of carbonyl (C=O) groups is 2. The van der Waals surface area contributed by atoms with E-state index >= 15 is 0 Å². The van der Waals surface area contributed by atoms with Crippen LogP contribution in [0.25, 0.3) is 5.57 Å². The number of anilines is 2. The molecule has 166 valence electrons. The van der Waals surface area contributed by atoms with E-state index in [4.69, 9.17) is 25.8 Å². The molecule has 8 heteroatoms. The Morgan fingerprint density at radius 3 is 2.48 bits per heavy atom. The molecule has 0 unspecified atom stereocenters. The molecule has 7 nitrogen and oxygen atoms in total. The van der Waals surface area contributed by atoms with Crippen molar-refractivity contribution in [3.63, 3.8) is 0 Å². The lowest BCUT2D eigenvalue weighted by Crippen LogP contribution is -2.32. The highest BCUT2D eigenvalue weighted by molar-refractivity contribution is 6.46. The van der Waals surface area contributed by atoms with Crippen molar-refractivity contribution in [3.8, 4) is 17.2 Å². The highest BCUT2D eigenvalue weighted by Gasteiger charge is 2.41. The van der Waals surface area contributed by atoms with Gasteiger partial charge in [-0.25, -0.2) is 4.90 Å². The van der Waals surface area contributed by atoms with Crippen LogP contribution < -0.4 is 24.4 Å². The van der Waals surface area contributed by atoms with Gasteiger partial charge in [0.2, 0.25) is 0 Å². The number of imide groups is 1. The fourth-order valence-corrected chi connectivity index (χ4v) is 4.05. The molecule has 0 fully saturated rings. The lowest BCUT2D eigenvalue weighted by atomic mass is 10.0. The summed E-state index contributed by atoms with van der Waals surface area (Å²) in [7, 11) is 1.52. The van der Waals surface area contributed by atoms with E-state index in [-0.39, 0.29) is 11.3 Å². The Morgan fingerprint density at radius 2 is 1.70 bits per heavy atom. The zero-order valence-corrected chi connectivity index (χ0v) is 18.4. The third kappa shape index (κ3) is 3.76. The smallest absolute Gasteiger partial charge is 0.282 e. The minimum atomic E-state index is -0.502. The summed E-state index contributed by atoms with van der Waals surface area (Å²) in [6.45, 7) is 0.913. The van der Waals surface area contributed by atoms with Gasteiger partial charge < -0.3 is 19.5 Å². The fourth-order valence-electron chi connectivity index (χ4n) is 3.86. The summed E-state index contributed by atoms with van der Waals surface area (Å²) < 4.78 is 16.7. The van der Waals surface area contributed by atoms with Gasteiger partial charge in [0, 0.05) is 22.3 Å². The number of hydrogen-bond donors (Lipinski definition) is 1. The van der Waals surface area contributed by atoms with E-state index in [0.29, 0.717) is 52.4 Å². The number of nitrogens with one attached hydrogen (secondary N) is 1. The van der Waals surface area contributed by atoms with E-state index < -0.39 is 11.8 Å². The Bertz CT molecular complexity index is 1300. The molecule has 2 aliphatic heterocycles. The number of halogens is 1. The molecule has 0 saturated carbocycles. The predicted octanol–water partition coefficient (Wildman–Crippen LogP) is 4.52. The number of fused-ring (bicyclic) bond motifs is 1. The number of para-hydroxylation sites is 1. The number of rotatable bonds is 5. The monoisotopic (exact) mass is 462 g/mol. The summed E-state index contributed by atoms with van der Waals surface area (Å²) in [4.78, 5) is 28.2. The molecule has 2 aliphatic rings. The number of benzene rings is 3. The van der Waals surface area contributed by atoms with Crippen molar-refractivity contribution in [3.05, 3.63) is 83.0 Å². The number of hydrogen-bond acceptors (Lipinski definition) is 6. The average molecular weight is 463 g/mol. The van der Waals surface area contributed by atoms with Gasteiger partial charge in [-0.15, -0.1) is 0 Å². The number of methoxy groups -OCH3 is 1. The molecular weight excluding hydrogens is 444 g/mol. The first-order valence-electron chi connectivity index (χ1n) is 10.3. The quantitative estimate of drug-likeness (QED) is 0.562. The zero-order valence-electron chi connectivity index (χ0n) is 17.6. The Hall–Kier alpha value is -3.97. The Labute approximate surface area is 195 Å². The molecule has 3 aromatic rings. The molecule has 0 saturated heterocycles. The second kappa shape index (κ2) is 8.52. The third-order valence-corrected chi connectivity index (χ3v) is 5.57. The van der Waals surface area contributed by atoms with Crippen LogP contribution in [0.1, 0.15) is 5.56 Å². The lowest BCUT2D eigenvalue weighted by Gasteiger charge is -2.19.